The molecular formula is C26H34N4O5. The second-order valence-corrected chi connectivity index (χ2v) is 9.40. The van der Waals surface area contributed by atoms with Crippen molar-refractivity contribution < 1.29 is 23.9 Å². The van der Waals surface area contributed by atoms with E-state index >= 15 is 0 Å². The van der Waals surface area contributed by atoms with Gasteiger partial charge in [-0.15, -0.1) is 0 Å². The Labute approximate surface area is 205 Å². The highest BCUT2D eigenvalue weighted by Gasteiger charge is 2.31. The molecule has 2 unspecified atom stereocenters. The van der Waals surface area contributed by atoms with Crippen molar-refractivity contribution in [3.05, 3.63) is 53.3 Å². The van der Waals surface area contributed by atoms with Crippen LogP contribution in [0.1, 0.15) is 56.5 Å². The molecule has 188 valence electrons. The number of alkyl carbamates (subject to hydrolysis) is 1. The fourth-order valence-corrected chi connectivity index (χ4v) is 4.14. The van der Waals surface area contributed by atoms with Gasteiger partial charge in [-0.1, -0.05) is 44.2 Å². The number of nitrogens with zero attached hydrogens (tertiary/aromatic N) is 1. The molecule has 9 nitrogen and oxygen atoms in total. The van der Waals surface area contributed by atoms with Crippen LogP contribution in [-0.4, -0.2) is 46.4 Å². The van der Waals surface area contributed by atoms with Gasteiger partial charge in [-0.2, -0.15) is 5.10 Å². The number of hydrogen-bond donors (Lipinski definition) is 3. The van der Waals surface area contributed by atoms with Crippen LogP contribution in [0.4, 0.5) is 4.79 Å². The van der Waals surface area contributed by atoms with Gasteiger partial charge >= 0.3 is 6.09 Å². The second kappa shape index (κ2) is 12.8. The van der Waals surface area contributed by atoms with Crippen LogP contribution < -0.4 is 10.6 Å². The molecule has 2 aromatic rings. The van der Waals surface area contributed by atoms with Crippen molar-refractivity contribution in [1.29, 1.82) is 0 Å². The summed E-state index contributed by atoms with van der Waals surface area (Å²) in [5, 5.41) is 12.5. The Kier molecular flexibility index (Phi) is 9.57. The van der Waals surface area contributed by atoms with E-state index in [1.165, 1.54) is 0 Å². The minimum atomic E-state index is -0.800. The number of Topliss-reactive ketones (excluding diaryl/α,β-unsaturated/α-hetero) is 2. The molecule has 0 saturated carbocycles. The largest absolute Gasteiger partial charge is 0.445 e. The number of ether oxygens (including phenoxy) is 1. The summed E-state index contributed by atoms with van der Waals surface area (Å²) in [6.45, 7) is 4.28. The van der Waals surface area contributed by atoms with Crippen molar-refractivity contribution in [3.63, 3.8) is 0 Å². The number of fused-ring (bicyclic) bond motifs is 2. The zero-order valence-corrected chi connectivity index (χ0v) is 20.3. The van der Waals surface area contributed by atoms with E-state index in [1.54, 1.807) is 0 Å². The number of carbonyl (C=O) groups excluding carboxylic acids is 4. The summed E-state index contributed by atoms with van der Waals surface area (Å²) in [5.74, 6) is -2.18. The van der Waals surface area contributed by atoms with Gasteiger partial charge in [-0.05, 0) is 43.2 Å². The van der Waals surface area contributed by atoms with Crippen molar-refractivity contribution >= 4 is 23.6 Å². The lowest BCUT2D eigenvalue weighted by molar-refractivity contribution is -0.141. The first-order valence-electron chi connectivity index (χ1n) is 12.2. The van der Waals surface area contributed by atoms with Gasteiger partial charge in [-0.25, -0.2) is 4.79 Å². The van der Waals surface area contributed by atoms with Crippen LogP contribution in [0.15, 0.2) is 36.4 Å². The average Bonchev–Trinajstić information content (AvgIpc) is 3.28. The summed E-state index contributed by atoms with van der Waals surface area (Å²) in [4.78, 5) is 50.9. The predicted molar refractivity (Wildman–Crippen MR) is 129 cm³/mol. The maximum atomic E-state index is 13.2. The second-order valence-electron chi connectivity index (χ2n) is 9.40. The monoisotopic (exact) mass is 482 g/mol. The van der Waals surface area contributed by atoms with Crippen molar-refractivity contribution in [2.24, 2.45) is 11.8 Å². The molecule has 0 radical (unpaired) electrons. The molecule has 0 aliphatic carbocycles. The Bertz CT molecular complexity index is 1020. The Morgan fingerprint density at radius 2 is 1.94 bits per heavy atom. The highest BCUT2D eigenvalue weighted by Crippen LogP contribution is 2.19. The molecule has 0 saturated heterocycles. The molecule has 0 fully saturated rings. The Morgan fingerprint density at radius 1 is 1.17 bits per heavy atom. The van der Waals surface area contributed by atoms with E-state index < -0.39 is 29.7 Å². The number of aryl methyl sites for hydroxylation is 1. The maximum Gasteiger partial charge on any atom is 0.408 e. The van der Waals surface area contributed by atoms with Crippen LogP contribution in [0.25, 0.3) is 0 Å². The number of H-pyrrole nitrogens is 1. The topological polar surface area (TPSA) is 130 Å². The third kappa shape index (κ3) is 8.35. The van der Waals surface area contributed by atoms with E-state index in [-0.39, 0.29) is 24.7 Å². The molecule has 3 N–H and O–H groups in total. The highest BCUT2D eigenvalue weighted by molar-refractivity contribution is 6.37. The standard InChI is InChI=1S/C26H34N4O5/c1-17(2)13-22(28-26(34)35-16-18-7-4-3-5-8-18)23(31)14-19-9-6-10-20-15-21(30-29-20)11-12-27-25(33)24(19)32/h3-5,7-8,15,17,19,22H,6,9-14,16H2,1-2H3,(H,27,33)(H,28,34)(H,29,30). The van der Waals surface area contributed by atoms with Gasteiger partial charge in [0.25, 0.3) is 5.91 Å². The van der Waals surface area contributed by atoms with Crippen LogP contribution in [0.5, 0.6) is 0 Å². The van der Waals surface area contributed by atoms with Gasteiger partial charge in [0.1, 0.15) is 6.61 Å². The number of hydrogen-bond acceptors (Lipinski definition) is 6. The summed E-state index contributed by atoms with van der Waals surface area (Å²) in [6.07, 6.45) is 1.81. The first-order valence-corrected chi connectivity index (χ1v) is 12.2. The minimum absolute atomic E-state index is 0.0891. The van der Waals surface area contributed by atoms with Crippen LogP contribution in [0.3, 0.4) is 0 Å². The molecule has 35 heavy (non-hydrogen) atoms. The third-order valence-corrected chi connectivity index (χ3v) is 5.99. The number of amides is 2. The van der Waals surface area contributed by atoms with Gasteiger partial charge in [0, 0.05) is 31.0 Å². The van der Waals surface area contributed by atoms with E-state index in [2.05, 4.69) is 20.8 Å². The van der Waals surface area contributed by atoms with E-state index in [0.29, 0.717) is 38.6 Å². The van der Waals surface area contributed by atoms with Gasteiger partial charge < -0.3 is 15.4 Å². The molecular weight excluding hydrogens is 448 g/mol. The van der Waals surface area contributed by atoms with Gasteiger partial charge in [0.15, 0.2) is 5.78 Å². The molecule has 1 aromatic carbocycles. The Hall–Kier alpha value is -3.49. The van der Waals surface area contributed by atoms with E-state index in [4.69, 9.17) is 4.74 Å². The third-order valence-electron chi connectivity index (χ3n) is 5.99. The molecule has 3 rings (SSSR count). The number of aromatic nitrogens is 2. The molecule has 2 heterocycles. The molecule has 2 atom stereocenters. The van der Waals surface area contributed by atoms with E-state index in [1.807, 2.05) is 50.2 Å². The molecule has 0 spiro atoms. The molecule has 2 bridgehead atoms. The number of nitrogens with one attached hydrogen (secondary N) is 3. The van der Waals surface area contributed by atoms with Crippen molar-refractivity contribution in [2.45, 2.75) is 65.0 Å². The number of aromatic amines is 1. The fraction of sp³-hybridized carbons (Fsp3) is 0.500. The van der Waals surface area contributed by atoms with Gasteiger partial charge in [0.05, 0.1) is 11.7 Å². The number of carbonyl (C=O) groups is 4. The molecule has 9 heteroatoms. The molecule has 1 aliphatic heterocycles. The SMILES string of the molecule is CC(C)CC(NC(=O)OCc1ccccc1)C(=O)CC1CCCc2cc(n[nH]2)CCNC(=O)C1=O. The summed E-state index contributed by atoms with van der Waals surface area (Å²) in [5.41, 5.74) is 2.63. The predicted octanol–water partition coefficient (Wildman–Crippen LogP) is 2.89. The summed E-state index contributed by atoms with van der Waals surface area (Å²) >= 11 is 0. The van der Waals surface area contributed by atoms with Crippen molar-refractivity contribution in [1.82, 2.24) is 20.8 Å². The quantitative estimate of drug-likeness (QED) is 0.496. The Balaban J connectivity index is 1.63. The van der Waals surface area contributed by atoms with Crippen LogP contribution in [0.2, 0.25) is 0 Å². The smallest absolute Gasteiger partial charge is 0.408 e. The molecule has 1 aromatic heterocycles. The van der Waals surface area contributed by atoms with E-state index in [9.17, 15) is 19.2 Å². The van der Waals surface area contributed by atoms with Gasteiger partial charge in [-0.3, -0.25) is 19.5 Å². The van der Waals surface area contributed by atoms with Gasteiger partial charge in [0.2, 0.25) is 5.78 Å². The van der Waals surface area contributed by atoms with Crippen molar-refractivity contribution in [2.75, 3.05) is 6.54 Å². The summed E-state index contributed by atoms with van der Waals surface area (Å²) in [6, 6.07) is 10.4. The first kappa shape index (κ1) is 26.1. The fourth-order valence-electron chi connectivity index (χ4n) is 4.14. The molecule has 1 aliphatic rings. The zero-order chi connectivity index (χ0) is 25.2. The normalized spacial score (nSPS) is 17.6. The molecule has 2 amide bonds. The number of benzene rings is 1. The highest BCUT2D eigenvalue weighted by atomic mass is 16.5. The first-order chi connectivity index (χ1) is 16.8. The summed E-state index contributed by atoms with van der Waals surface area (Å²) < 4.78 is 5.28. The number of ketones is 2. The lowest BCUT2D eigenvalue weighted by atomic mass is 9.87. The Morgan fingerprint density at radius 3 is 2.69 bits per heavy atom. The summed E-state index contributed by atoms with van der Waals surface area (Å²) in [7, 11) is 0. The van der Waals surface area contributed by atoms with Crippen LogP contribution in [-0.2, 0) is 38.6 Å². The lowest BCUT2D eigenvalue weighted by Gasteiger charge is -2.22. The van der Waals surface area contributed by atoms with Crippen LogP contribution in [0, 0.1) is 11.8 Å². The van der Waals surface area contributed by atoms with E-state index in [0.717, 1.165) is 17.0 Å². The number of rotatable bonds is 8. The minimum Gasteiger partial charge on any atom is -0.445 e. The average molecular weight is 483 g/mol. The van der Waals surface area contributed by atoms with Crippen LogP contribution >= 0.6 is 0 Å². The van der Waals surface area contributed by atoms with Crippen molar-refractivity contribution in [3.8, 4) is 0 Å². The maximum absolute atomic E-state index is 13.2. The zero-order valence-electron chi connectivity index (χ0n) is 20.3. The lowest BCUT2D eigenvalue weighted by Crippen LogP contribution is -2.44.